The van der Waals surface area contributed by atoms with E-state index in [9.17, 15) is 26.4 Å². The number of nitrogens with zero attached hydrogens (tertiary/aromatic N) is 2. The number of carbonyl (C=O) groups is 1. The highest BCUT2D eigenvalue weighted by Gasteiger charge is 2.33. The molecule has 0 saturated carbocycles. The molecule has 0 aliphatic carbocycles. The second kappa shape index (κ2) is 8.38. The lowest BCUT2D eigenvalue weighted by molar-refractivity contribution is -0.137. The highest BCUT2D eigenvalue weighted by Crippen LogP contribution is 2.30. The number of alkyl halides is 3. The summed E-state index contributed by atoms with van der Waals surface area (Å²) in [7, 11) is -4.22. The van der Waals surface area contributed by atoms with E-state index in [1.165, 1.54) is 0 Å². The Morgan fingerprint density at radius 1 is 1.14 bits per heavy atom. The van der Waals surface area contributed by atoms with E-state index in [2.05, 4.69) is 9.62 Å². The van der Waals surface area contributed by atoms with E-state index < -0.39 is 33.2 Å². The summed E-state index contributed by atoms with van der Waals surface area (Å²) >= 11 is 0. The van der Waals surface area contributed by atoms with Crippen LogP contribution in [0.25, 0.3) is 0 Å². The Morgan fingerprint density at radius 3 is 2.54 bits per heavy atom. The van der Waals surface area contributed by atoms with Gasteiger partial charge in [0.15, 0.2) is 0 Å². The number of carbonyl (C=O) groups excluding carboxylic acids is 1. The molecule has 2 aliphatic rings. The van der Waals surface area contributed by atoms with E-state index in [4.69, 9.17) is 0 Å². The molecule has 1 atom stereocenters. The average Bonchev–Trinajstić information content (AvgIpc) is 3.32. The van der Waals surface area contributed by atoms with Gasteiger partial charge < -0.3 is 9.80 Å². The van der Waals surface area contributed by atoms with Crippen LogP contribution < -0.4 is 4.72 Å². The van der Waals surface area contributed by atoms with Crippen LogP contribution in [0.4, 0.5) is 13.2 Å². The van der Waals surface area contributed by atoms with E-state index in [1.807, 2.05) is 0 Å². The van der Waals surface area contributed by atoms with Crippen molar-refractivity contribution >= 4 is 15.9 Å². The molecule has 6 nitrogen and oxygen atoms in total. The van der Waals surface area contributed by atoms with Gasteiger partial charge in [-0.05, 0) is 57.0 Å². The zero-order chi connectivity index (χ0) is 20.4. The molecule has 10 heteroatoms. The van der Waals surface area contributed by atoms with Crippen LogP contribution in [-0.2, 0) is 21.0 Å². The number of sulfonamides is 1. The van der Waals surface area contributed by atoms with Crippen LogP contribution in [-0.4, -0.2) is 62.9 Å². The van der Waals surface area contributed by atoms with Gasteiger partial charge in [0.25, 0.3) is 0 Å². The second-order valence-corrected chi connectivity index (χ2v) is 9.01. The van der Waals surface area contributed by atoms with Gasteiger partial charge in [-0.25, -0.2) is 13.1 Å². The monoisotopic (exact) mass is 419 g/mol. The number of halogens is 3. The minimum atomic E-state index is -4.64. The molecule has 156 valence electrons. The molecule has 0 spiro atoms. The SMILES string of the molecule is O=C(CNS(=O)(=O)c1cccc(C(F)(F)F)c1)N1CCCC1CN1CCCC1. The summed E-state index contributed by atoms with van der Waals surface area (Å²) in [6.07, 6.45) is -0.595. The summed E-state index contributed by atoms with van der Waals surface area (Å²) in [5.41, 5.74) is -1.05. The topological polar surface area (TPSA) is 69.7 Å². The predicted molar refractivity (Wildman–Crippen MR) is 97.0 cm³/mol. The Kier molecular flexibility index (Phi) is 6.31. The fourth-order valence-electron chi connectivity index (χ4n) is 3.80. The van der Waals surface area contributed by atoms with Crippen molar-refractivity contribution in [3.05, 3.63) is 29.8 Å². The van der Waals surface area contributed by atoms with E-state index in [0.29, 0.717) is 12.6 Å². The van der Waals surface area contributed by atoms with Gasteiger partial charge in [-0.3, -0.25) is 4.79 Å². The molecule has 0 aromatic heterocycles. The first kappa shape index (κ1) is 21.1. The third kappa shape index (κ3) is 5.03. The van der Waals surface area contributed by atoms with Crippen LogP contribution in [0.2, 0.25) is 0 Å². The lowest BCUT2D eigenvalue weighted by Crippen LogP contribution is -2.46. The van der Waals surface area contributed by atoms with Crippen LogP contribution in [0.1, 0.15) is 31.2 Å². The summed E-state index contributed by atoms with van der Waals surface area (Å²) in [5, 5.41) is 0. The maximum atomic E-state index is 12.8. The highest BCUT2D eigenvalue weighted by atomic mass is 32.2. The highest BCUT2D eigenvalue weighted by molar-refractivity contribution is 7.89. The van der Waals surface area contributed by atoms with Crippen molar-refractivity contribution in [1.82, 2.24) is 14.5 Å². The minimum absolute atomic E-state index is 0.0589. The Morgan fingerprint density at radius 2 is 1.86 bits per heavy atom. The third-order valence-electron chi connectivity index (χ3n) is 5.25. The maximum absolute atomic E-state index is 12.8. The molecule has 2 heterocycles. The summed E-state index contributed by atoms with van der Waals surface area (Å²) in [5.74, 6) is -0.350. The van der Waals surface area contributed by atoms with Gasteiger partial charge in [-0.15, -0.1) is 0 Å². The Labute approximate surface area is 162 Å². The number of benzene rings is 1. The van der Waals surface area contributed by atoms with Crippen molar-refractivity contribution in [1.29, 1.82) is 0 Å². The van der Waals surface area contributed by atoms with Crippen LogP contribution in [0.3, 0.4) is 0 Å². The van der Waals surface area contributed by atoms with Crippen molar-refractivity contribution in [3.8, 4) is 0 Å². The smallest absolute Gasteiger partial charge is 0.337 e. The number of amides is 1. The molecule has 1 amide bonds. The Bertz CT molecular complexity index is 808. The summed E-state index contributed by atoms with van der Waals surface area (Å²) in [4.78, 5) is 16.0. The zero-order valence-corrected chi connectivity index (χ0v) is 16.2. The molecule has 1 unspecified atom stereocenters. The molecular formula is C18H24F3N3O3S. The maximum Gasteiger partial charge on any atom is 0.416 e. The van der Waals surface area contributed by atoms with Crippen molar-refractivity contribution < 1.29 is 26.4 Å². The molecular weight excluding hydrogens is 395 g/mol. The molecule has 3 rings (SSSR count). The zero-order valence-electron chi connectivity index (χ0n) is 15.4. The largest absolute Gasteiger partial charge is 0.416 e. The normalized spacial score (nSPS) is 21.4. The Hall–Kier alpha value is -1.65. The van der Waals surface area contributed by atoms with E-state index in [-0.39, 0.29) is 11.9 Å². The van der Waals surface area contributed by atoms with E-state index in [0.717, 1.165) is 63.5 Å². The third-order valence-corrected chi connectivity index (χ3v) is 6.65. The number of likely N-dealkylation sites (tertiary alicyclic amines) is 2. The van der Waals surface area contributed by atoms with Crippen LogP contribution in [0.15, 0.2) is 29.2 Å². The van der Waals surface area contributed by atoms with Crippen molar-refractivity contribution in [2.45, 2.75) is 42.8 Å². The quantitative estimate of drug-likeness (QED) is 0.767. The molecule has 2 saturated heterocycles. The van der Waals surface area contributed by atoms with Crippen molar-refractivity contribution in [2.24, 2.45) is 0 Å². The average molecular weight is 419 g/mol. The van der Waals surface area contributed by atoms with Crippen molar-refractivity contribution in [3.63, 3.8) is 0 Å². The van der Waals surface area contributed by atoms with Gasteiger partial charge in [0.2, 0.25) is 15.9 Å². The van der Waals surface area contributed by atoms with Crippen LogP contribution in [0, 0.1) is 0 Å². The molecule has 2 aliphatic heterocycles. The van der Waals surface area contributed by atoms with Gasteiger partial charge in [-0.1, -0.05) is 6.07 Å². The molecule has 28 heavy (non-hydrogen) atoms. The molecule has 1 aromatic carbocycles. The van der Waals surface area contributed by atoms with Crippen molar-refractivity contribution in [2.75, 3.05) is 32.7 Å². The van der Waals surface area contributed by atoms with Gasteiger partial charge >= 0.3 is 6.18 Å². The van der Waals surface area contributed by atoms with E-state index >= 15 is 0 Å². The standard InChI is InChI=1S/C18H24F3N3O3S/c19-18(20,21)14-5-3-7-16(11-14)28(26,27)22-12-17(25)24-10-4-6-15(24)13-23-8-1-2-9-23/h3,5,7,11,15,22H,1-2,4,6,8-10,12-13H2. The lowest BCUT2D eigenvalue weighted by atomic mass is 10.2. The first-order valence-corrected chi connectivity index (χ1v) is 10.8. The Balaban J connectivity index is 1.61. The molecule has 2 fully saturated rings. The summed E-state index contributed by atoms with van der Waals surface area (Å²) < 4.78 is 65.2. The molecule has 0 radical (unpaired) electrons. The predicted octanol–water partition coefficient (Wildman–Crippen LogP) is 2.07. The van der Waals surface area contributed by atoms with Gasteiger partial charge in [0, 0.05) is 19.1 Å². The van der Waals surface area contributed by atoms with Crippen LogP contribution in [0.5, 0.6) is 0 Å². The summed E-state index contributed by atoms with van der Waals surface area (Å²) in [6.45, 7) is 2.92. The number of rotatable bonds is 6. The van der Waals surface area contributed by atoms with E-state index in [1.54, 1.807) is 4.90 Å². The fraction of sp³-hybridized carbons (Fsp3) is 0.611. The van der Waals surface area contributed by atoms with Gasteiger partial charge in [-0.2, -0.15) is 13.2 Å². The number of nitrogens with one attached hydrogen (secondary N) is 1. The fourth-order valence-corrected chi connectivity index (χ4v) is 4.82. The minimum Gasteiger partial charge on any atom is -0.337 e. The number of hydrogen-bond acceptors (Lipinski definition) is 4. The van der Waals surface area contributed by atoms with Crippen LogP contribution >= 0.6 is 0 Å². The summed E-state index contributed by atoms with van der Waals surface area (Å²) in [6, 6.07) is 3.54. The molecule has 0 bridgehead atoms. The molecule has 1 aromatic rings. The molecule has 1 N–H and O–H groups in total. The lowest BCUT2D eigenvalue weighted by Gasteiger charge is -2.28. The first-order chi connectivity index (χ1) is 13.2. The first-order valence-electron chi connectivity index (χ1n) is 9.35. The van der Waals surface area contributed by atoms with Gasteiger partial charge in [0.05, 0.1) is 17.0 Å². The second-order valence-electron chi connectivity index (χ2n) is 7.24. The number of hydrogen-bond donors (Lipinski definition) is 1. The van der Waals surface area contributed by atoms with Gasteiger partial charge in [0.1, 0.15) is 0 Å².